The minimum atomic E-state index is -0.495. The van der Waals surface area contributed by atoms with Gasteiger partial charge >= 0.3 is 0 Å². The lowest BCUT2D eigenvalue weighted by Crippen LogP contribution is -2.07. The van der Waals surface area contributed by atoms with Crippen molar-refractivity contribution in [3.63, 3.8) is 0 Å². The Morgan fingerprint density at radius 3 is 2.57 bits per heavy atom. The van der Waals surface area contributed by atoms with Gasteiger partial charge in [-0.05, 0) is 42.5 Å². The summed E-state index contributed by atoms with van der Waals surface area (Å²) in [6, 6.07) is 12.7. The summed E-state index contributed by atoms with van der Waals surface area (Å²) in [5.41, 5.74) is 1.21. The number of nitrogens with zero attached hydrogens (tertiary/aromatic N) is 1. The summed E-state index contributed by atoms with van der Waals surface area (Å²) in [6.07, 6.45) is 2.51. The number of nitriles is 1. The van der Waals surface area contributed by atoms with Gasteiger partial charge in [0.15, 0.2) is 0 Å². The van der Waals surface area contributed by atoms with Gasteiger partial charge in [-0.25, -0.2) is 4.39 Å². The van der Waals surface area contributed by atoms with Crippen LogP contribution in [0.5, 0.6) is 0 Å². The number of hydrogen-bond donors (Lipinski definition) is 1. The first-order chi connectivity index (χ1) is 10.1. The first kappa shape index (κ1) is 14.8. The highest BCUT2D eigenvalue weighted by Crippen LogP contribution is 2.20. The number of carbonyl (C=O) groups excluding carboxylic acids is 1. The molecule has 0 radical (unpaired) electrons. The Hall–Kier alpha value is -2.64. The zero-order chi connectivity index (χ0) is 15.2. The maximum atomic E-state index is 13.5. The Morgan fingerprint density at radius 2 is 1.95 bits per heavy atom. The van der Waals surface area contributed by atoms with Gasteiger partial charge in [-0.3, -0.25) is 4.79 Å². The van der Waals surface area contributed by atoms with E-state index < -0.39 is 11.7 Å². The molecular formula is C16H10ClFN2O. The summed E-state index contributed by atoms with van der Waals surface area (Å²) in [6.45, 7) is 0. The molecule has 0 atom stereocenters. The molecule has 1 amide bonds. The van der Waals surface area contributed by atoms with Gasteiger partial charge in [0, 0.05) is 17.3 Å². The molecule has 5 heteroatoms. The van der Waals surface area contributed by atoms with Gasteiger partial charge in [0.25, 0.3) is 0 Å². The highest BCUT2D eigenvalue weighted by Gasteiger charge is 2.04. The van der Waals surface area contributed by atoms with Crippen molar-refractivity contribution in [1.29, 1.82) is 5.26 Å². The Labute approximate surface area is 126 Å². The standard InChI is InChI=1S/C16H10ClFN2O/c17-14-2-1-3-15(18)13(14)8-9-16(21)20-12-6-4-11(10-19)5-7-12/h1-9H,(H,20,21)/b9-8+. The monoisotopic (exact) mass is 300 g/mol. The van der Waals surface area contributed by atoms with Crippen molar-refractivity contribution >= 4 is 29.3 Å². The van der Waals surface area contributed by atoms with Crippen molar-refractivity contribution in [3.05, 3.63) is 70.5 Å². The van der Waals surface area contributed by atoms with Crippen LogP contribution in [-0.2, 0) is 4.79 Å². The average Bonchev–Trinajstić information content (AvgIpc) is 2.47. The van der Waals surface area contributed by atoms with Crippen molar-refractivity contribution in [2.45, 2.75) is 0 Å². The fraction of sp³-hybridized carbons (Fsp3) is 0. The molecule has 104 valence electrons. The summed E-state index contributed by atoms with van der Waals surface area (Å²) in [4.78, 5) is 11.7. The van der Waals surface area contributed by atoms with Crippen molar-refractivity contribution in [1.82, 2.24) is 0 Å². The molecule has 0 unspecified atom stereocenters. The fourth-order valence-electron chi connectivity index (χ4n) is 1.64. The normalized spacial score (nSPS) is 10.3. The van der Waals surface area contributed by atoms with E-state index in [1.807, 2.05) is 6.07 Å². The third kappa shape index (κ3) is 3.91. The quantitative estimate of drug-likeness (QED) is 0.871. The van der Waals surface area contributed by atoms with Gasteiger partial charge in [-0.2, -0.15) is 5.26 Å². The SMILES string of the molecule is N#Cc1ccc(NC(=O)/C=C/c2c(F)cccc2Cl)cc1. The molecular weight excluding hydrogens is 291 g/mol. The Bertz CT molecular complexity index is 713. The van der Waals surface area contributed by atoms with E-state index in [1.165, 1.54) is 24.3 Å². The molecule has 0 spiro atoms. The van der Waals surface area contributed by atoms with E-state index in [1.54, 1.807) is 30.3 Å². The number of anilines is 1. The van der Waals surface area contributed by atoms with E-state index >= 15 is 0 Å². The minimum Gasteiger partial charge on any atom is -0.323 e. The van der Waals surface area contributed by atoms with Crippen LogP contribution in [0.4, 0.5) is 10.1 Å². The van der Waals surface area contributed by atoms with E-state index in [0.717, 1.165) is 0 Å². The van der Waals surface area contributed by atoms with E-state index in [9.17, 15) is 9.18 Å². The van der Waals surface area contributed by atoms with E-state index in [2.05, 4.69) is 5.32 Å². The lowest BCUT2D eigenvalue weighted by atomic mass is 10.2. The van der Waals surface area contributed by atoms with Crippen LogP contribution in [-0.4, -0.2) is 5.91 Å². The van der Waals surface area contributed by atoms with Crippen molar-refractivity contribution in [3.8, 4) is 6.07 Å². The maximum absolute atomic E-state index is 13.5. The molecule has 1 N–H and O–H groups in total. The number of amides is 1. The van der Waals surface area contributed by atoms with Crippen LogP contribution in [0.2, 0.25) is 5.02 Å². The number of halogens is 2. The van der Waals surface area contributed by atoms with Crippen LogP contribution in [0.3, 0.4) is 0 Å². The second-order valence-corrected chi connectivity index (χ2v) is 4.55. The third-order valence-electron chi connectivity index (χ3n) is 2.68. The van der Waals surface area contributed by atoms with Gasteiger partial charge in [0.05, 0.1) is 16.7 Å². The van der Waals surface area contributed by atoms with Crippen molar-refractivity contribution in [2.24, 2.45) is 0 Å². The number of benzene rings is 2. The largest absolute Gasteiger partial charge is 0.323 e. The van der Waals surface area contributed by atoms with Crippen LogP contribution in [0.15, 0.2) is 48.5 Å². The third-order valence-corrected chi connectivity index (χ3v) is 3.01. The summed E-state index contributed by atoms with van der Waals surface area (Å²) < 4.78 is 13.5. The summed E-state index contributed by atoms with van der Waals surface area (Å²) in [5, 5.41) is 11.5. The second kappa shape index (κ2) is 6.69. The van der Waals surface area contributed by atoms with Gasteiger partial charge in [-0.1, -0.05) is 17.7 Å². The van der Waals surface area contributed by atoms with E-state index in [0.29, 0.717) is 11.3 Å². The van der Waals surface area contributed by atoms with E-state index in [-0.39, 0.29) is 10.6 Å². The van der Waals surface area contributed by atoms with Crippen molar-refractivity contribution < 1.29 is 9.18 Å². The van der Waals surface area contributed by atoms with Crippen LogP contribution in [0.1, 0.15) is 11.1 Å². The number of nitrogens with one attached hydrogen (secondary N) is 1. The van der Waals surface area contributed by atoms with Gasteiger partial charge in [0.1, 0.15) is 5.82 Å². The van der Waals surface area contributed by atoms with Crippen LogP contribution < -0.4 is 5.32 Å². The molecule has 3 nitrogen and oxygen atoms in total. The zero-order valence-corrected chi connectivity index (χ0v) is 11.6. The highest BCUT2D eigenvalue weighted by atomic mass is 35.5. The Morgan fingerprint density at radius 1 is 1.24 bits per heavy atom. The van der Waals surface area contributed by atoms with Crippen LogP contribution in [0.25, 0.3) is 6.08 Å². The van der Waals surface area contributed by atoms with Crippen LogP contribution >= 0.6 is 11.6 Å². The first-order valence-corrected chi connectivity index (χ1v) is 6.41. The molecule has 0 aliphatic rings. The fourth-order valence-corrected chi connectivity index (χ4v) is 1.87. The van der Waals surface area contributed by atoms with Gasteiger partial charge < -0.3 is 5.32 Å². The molecule has 2 aromatic carbocycles. The molecule has 0 saturated heterocycles. The molecule has 0 aromatic heterocycles. The summed E-state index contributed by atoms with van der Waals surface area (Å²) >= 11 is 5.85. The van der Waals surface area contributed by atoms with Crippen molar-refractivity contribution in [2.75, 3.05) is 5.32 Å². The minimum absolute atomic E-state index is 0.161. The molecule has 0 aliphatic carbocycles. The van der Waals surface area contributed by atoms with Crippen LogP contribution in [0, 0.1) is 17.1 Å². The predicted octanol–water partition coefficient (Wildman–Crippen LogP) is 4.00. The Kier molecular flexibility index (Phi) is 4.70. The lowest BCUT2D eigenvalue weighted by Gasteiger charge is -2.02. The molecule has 0 aliphatic heterocycles. The second-order valence-electron chi connectivity index (χ2n) is 4.15. The first-order valence-electron chi connectivity index (χ1n) is 6.03. The van der Waals surface area contributed by atoms with E-state index in [4.69, 9.17) is 16.9 Å². The van der Waals surface area contributed by atoms with Gasteiger partial charge in [0.2, 0.25) is 5.91 Å². The molecule has 0 fully saturated rings. The molecule has 0 saturated carbocycles. The predicted molar refractivity (Wildman–Crippen MR) is 80.2 cm³/mol. The molecule has 2 aromatic rings. The summed E-state index contributed by atoms with van der Waals surface area (Å²) in [5.74, 6) is -0.913. The number of rotatable bonds is 3. The number of carbonyl (C=O) groups is 1. The zero-order valence-electron chi connectivity index (χ0n) is 10.8. The molecule has 2 rings (SSSR count). The molecule has 21 heavy (non-hydrogen) atoms. The number of hydrogen-bond acceptors (Lipinski definition) is 2. The average molecular weight is 301 g/mol. The topological polar surface area (TPSA) is 52.9 Å². The Balaban J connectivity index is 2.07. The highest BCUT2D eigenvalue weighted by molar-refractivity contribution is 6.32. The smallest absolute Gasteiger partial charge is 0.248 e. The lowest BCUT2D eigenvalue weighted by molar-refractivity contribution is -0.111. The summed E-state index contributed by atoms with van der Waals surface area (Å²) in [7, 11) is 0. The molecule has 0 heterocycles. The van der Waals surface area contributed by atoms with Gasteiger partial charge in [-0.15, -0.1) is 0 Å². The maximum Gasteiger partial charge on any atom is 0.248 e. The molecule has 0 bridgehead atoms.